The predicted octanol–water partition coefficient (Wildman–Crippen LogP) is 0.580. The summed E-state index contributed by atoms with van der Waals surface area (Å²) >= 11 is 0. The normalized spacial score (nSPS) is 13.0. The first-order chi connectivity index (χ1) is 8.07. The predicted molar refractivity (Wildman–Crippen MR) is 83.6 cm³/mol. The van der Waals surface area contributed by atoms with Gasteiger partial charge in [0, 0.05) is 33.7 Å². The van der Waals surface area contributed by atoms with Crippen LogP contribution in [0.25, 0.3) is 0 Å². The Bertz CT molecular complexity index is 499. The van der Waals surface area contributed by atoms with Gasteiger partial charge in [-0.1, -0.05) is 20.8 Å². The lowest BCUT2D eigenvalue weighted by Crippen LogP contribution is -2.49. The van der Waals surface area contributed by atoms with Gasteiger partial charge in [-0.05, 0) is 5.41 Å². The molecule has 0 aliphatic heterocycles. The summed E-state index contributed by atoms with van der Waals surface area (Å²) < 4.78 is 0. The second-order valence-corrected chi connectivity index (χ2v) is 6.10. The monoisotopic (exact) mass is 289 g/mol. The first-order valence-electron chi connectivity index (χ1n) is 6.04. The Kier molecular flexibility index (Phi) is 5.59. The zero-order chi connectivity index (χ0) is 14.2. The van der Waals surface area contributed by atoms with Gasteiger partial charge in [-0.2, -0.15) is 0 Å². The van der Waals surface area contributed by atoms with E-state index in [2.05, 4.69) is 20.8 Å². The maximum absolute atomic E-state index is 11.6. The lowest BCUT2D eigenvalue weighted by Gasteiger charge is -2.33. The number of nitrogens with two attached hydrogens (primary N) is 1. The summed E-state index contributed by atoms with van der Waals surface area (Å²) in [5.74, 6) is 0. The Morgan fingerprint density at radius 2 is 1.47 bits per heavy atom. The maximum atomic E-state index is 11.6. The third kappa shape index (κ3) is 3.48. The average molecular weight is 290 g/mol. The first kappa shape index (κ1) is 17.9. The van der Waals surface area contributed by atoms with E-state index in [1.807, 2.05) is 0 Å². The molecule has 1 aromatic rings. The highest BCUT2D eigenvalue weighted by atomic mass is 35.5. The summed E-state index contributed by atoms with van der Waals surface area (Å²) in [4.78, 5) is 26.6. The van der Waals surface area contributed by atoms with Crippen LogP contribution in [0, 0.1) is 5.41 Å². The van der Waals surface area contributed by atoms with Crippen LogP contribution in [-0.2, 0) is 0 Å². The Hall–Kier alpha value is -1.07. The van der Waals surface area contributed by atoms with Gasteiger partial charge in [0.05, 0.1) is 0 Å². The van der Waals surface area contributed by atoms with E-state index < -0.39 is 10.9 Å². The Morgan fingerprint density at radius 3 is 1.84 bits per heavy atom. The van der Waals surface area contributed by atoms with Gasteiger partial charge in [0.2, 0.25) is 0 Å². The number of rotatable bonds is 4. The number of hydrogen-bond donors (Lipinski definition) is 1. The fourth-order valence-corrected chi connectivity index (χ4v) is 1.80. The number of anilines is 2. The molecule has 0 aliphatic carbocycles. The third-order valence-electron chi connectivity index (χ3n) is 3.27. The fraction of sp³-hybridized carbons (Fsp3) is 0.692. The molecule has 1 rings (SSSR count). The molecule has 5 nitrogen and oxygen atoms in total. The Morgan fingerprint density at radius 1 is 1.05 bits per heavy atom. The van der Waals surface area contributed by atoms with Crippen molar-refractivity contribution in [3.63, 3.8) is 0 Å². The molecule has 0 radical (unpaired) electrons. The minimum atomic E-state index is -0.415. The van der Waals surface area contributed by atoms with Crippen LogP contribution in [0.2, 0.25) is 0 Å². The van der Waals surface area contributed by atoms with Crippen molar-refractivity contribution in [3.05, 3.63) is 20.4 Å². The molecule has 0 amide bonds. The highest BCUT2D eigenvalue weighted by Gasteiger charge is 2.28. The van der Waals surface area contributed by atoms with Crippen molar-refractivity contribution >= 4 is 23.8 Å². The topological polar surface area (TPSA) is 66.6 Å². The van der Waals surface area contributed by atoms with E-state index in [1.165, 1.54) is 0 Å². The fourth-order valence-electron chi connectivity index (χ4n) is 1.80. The first-order valence-corrected chi connectivity index (χ1v) is 6.04. The molecular formula is C13H24ClN3O2. The average Bonchev–Trinajstić information content (AvgIpc) is 2.21. The molecule has 2 N–H and O–H groups in total. The summed E-state index contributed by atoms with van der Waals surface area (Å²) in [7, 11) is 5.32. The molecule has 0 heterocycles. The SMILES string of the molecule is CN(C)c1c(N(C)C[C@@H](N)C(C)(C)C)c(=O)c1=O.Cl. The minimum Gasteiger partial charge on any atom is -0.373 e. The van der Waals surface area contributed by atoms with Crippen molar-refractivity contribution in [1.29, 1.82) is 0 Å². The Labute approximate surface area is 120 Å². The molecule has 0 unspecified atom stereocenters. The highest BCUT2D eigenvalue weighted by molar-refractivity contribution is 5.85. The van der Waals surface area contributed by atoms with Gasteiger partial charge in [0.25, 0.3) is 10.9 Å². The van der Waals surface area contributed by atoms with Gasteiger partial charge in [-0.3, -0.25) is 9.59 Å². The number of nitrogens with zero attached hydrogens (tertiary/aromatic N) is 2. The van der Waals surface area contributed by atoms with Gasteiger partial charge in [-0.15, -0.1) is 12.4 Å². The van der Waals surface area contributed by atoms with Crippen molar-refractivity contribution in [2.24, 2.45) is 11.1 Å². The maximum Gasteiger partial charge on any atom is 0.253 e. The second kappa shape index (κ2) is 5.92. The molecule has 0 saturated heterocycles. The van der Waals surface area contributed by atoms with Crippen molar-refractivity contribution in [2.45, 2.75) is 26.8 Å². The van der Waals surface area contributed by atoms with Crippen LogP contribution in [0.3, 0.4) is 0 Å². The molecular weight excluding hydrogens is 266 g/mol. The number of hydrogen-bond acceptors (Lipinski definition) is 5. The van der Waals surface area contributed by atoms with Crippen LogP contribution >= 0.6 is 12.4 Å². The van der Waals surface area contributed by atoms with Crippen molar-refractivity contribution in [1.82, 2.24) is 0 Å². The molecule has 0 saturated carbocycles. The molecule has 110 valence electrons. The van der Waals surface area contributed by atoms with Crippen molar-refractivity contribution in [3.8, 4) is 0 Å². The zero-order valence-corrected chi connectivity index (χ0v) is 13.3. The highest BCUT2D eigenvalue weighted by Crippen LogP contribution is 2.24. The molecule has 0 aromatic heterocycles. The molecule has 0 aliphatic rings. The van der Waals surface area contributed by atoms with Crippen LogP contribution in [0.4, 0.5) is 11.4 Å². The summed E-state index contributed by atoms with van der Waals surface area (Å²) in [6.07, 6.45) is 0. The lowest BCUT2D eigenvalue weighted by molar-refractivity contribution is 0.323. The molecule has 1 aromatic carbocycles. The Balaban J connectivity index is 0.00000324. The van der Waals surface area contributed by atoms with Crippen LogP contribution in [0.5, 0.6) is 0 Å². The van der Waals surface area contributed by atoms with Gasteiger partial charge < -0.3 is 15.5 Å². The third-order valence-corrected chi connectivity index (χ3v) is 3.27. The molecule has 6 heteroatoms. The largest absolute Gasteiger partial charge is 0.373 e. The standard InChI is InChI=1S/C13H23N3O2.ClH/c1-13(2,3)8(14)7-16(6)10-9(15(4)5)11(17)12(10)18;/h8H,7,14H2,1-6H3;1H/t8-;/m1./s1. The molecule has 19 heavy (non-hydrogen) atoms. The summed E-state index contributed by atoms with van der Waals surface area (Å²) in [5, 5.41) is 0. The lowest BCUT2D eigenvalue weighted by atomic mass is 9.87. The van der Waals surface area contributed by atoms with E-state index in [9.17, 15) is 9.59 Å². The van der Waals surface area contributed by atoms with E-state index in [1.54, 1.807) is 30.9 Å². The molecule has 0 bridgehead atoms. The van der Waals surface area contributed by atoms with Gasteiger partial charge in [0.1, 0.15) is 11.4 Å². The number of likely N-dealkylation sites (N-methyl/N-ethyl adjacent to an activating group) is 1. The summed E-state index contributed by atoms with van der Waals surface area (Å²) in [5.41, 5.74) is 6.18. The number of halogens is 1. The molecule has 0 fully saturated rings. The van der Waals surface area contributed by atoms with E-state index in [0.717, 1.165) is 0 Å². The van der Waals surface area contributed by atoms with Crippen LogP contribution in [0.15, 0.2) is 9.59 Å². The summed E-state index contributed by atoms with van der Waals surface area (Å²) in [6, 6.07) is -0.0677. The van der Waals surface area contributed by atoms with Crippen molar-refractivity contribution in [2.75, 3.05) is 37.5 Å². The summed E-state index contributed by atoms with van der Waals surface area (Å²) in [6.45, 7) is 6.72. The van der Waals surface area contributed by atoms with E-state index in [4.69, 9.17) is 5.73 Å². The van der Waals surface area contributed by atoms with Crippen molar-refractivity contribution < 1.29 is 0 Å². The quantitative estimate of drug-likeness (QED) is 0.822. The van der Waals surface area contributed by atoms with E-state index in [-0.39, 0.29) is 23.9 Å². The molecule has 1 atom stereocenters. The van der Waals surface area contributed by atoms with Gasteiger partial charge in [-0.25, -0.2) is 0 Å². The van der Waals surface area contributed by atoms with Gasteiger partial charge in [0.15, 0.2) is 0 Å². The molecule has 0 spiro atoms. The van der Waals surface area contributed by atoms with Crippen LogP contribution in [0.1, 0.15) is 20.8 Å². The van der Waals surface area contributed by atoms with E-state index >= 15 is 0 Å². The van der Waals surface area contributed by atoms with Crippen LogP contribution in [-0.4, -0.2) is 33.7 Å². The zero-order valence-electron chi connectivity index (χ0n) is 12.5. The van der Waals surface area contributed by atoms with Crippen LogP contribution < -0.4 is 26.4 Å². The second-order valence-electron chi connectivity index (χ2n) is 6.10. The van der Waals surface area contributed by atoms with Gasteiger partial charge >= 0.3 is 0 Å². The smallest absolute Gasteiger partial charge is 0.253 e. The van der Waals surface area contributed by atoms with E-state index in [0.29, 0.717) is 17.9 Å². The minimum absolute atomic E-state index is 0.